The summed E-state index contributed by atoms with van der Waals surface area (Å²) in [4.78, 5) is 12.9. The molecule has 1 aromatic rings. The van der Waals surface area contributed by atoms with Crippen molar-refractivity contribution in [3.05, 3.63) is 23.8 Å². The summed E-state index contributed by atoms with van der Waals surface area (Å²) in [7, 11) is -3.30. The standard InChI is InChI=1S/C16H21N3O5S/c1-25(21,22)19-7-12-6-17-8-16(12,9-19)15(20)18-5-11-2-3-13-14(4-11)24-10-23-13/h2-4,12,17H,5-10H2,1H3,(H,18,20)/t12-,16-/m0/s1. The highest BCUT2D eigenvalue weighted by Crippen LogP contribution is 2.40. The van der Waals surface area contributed by atoms with E-state index >= 15 is 0 Å². The maximum Gasteiger partial charge on any atom is 0.231 e. The first kappa shape index (κ1) is 16.6. The van der Waals surface area contributed by atoms with Gasteiger partial charge < -0.3 is 20.1 Å². The second kappa shape index (κ2) is 5.86. The number of carbonyl (C=O) groups is 1. The molecule has 8 nitrogen and oxygen atoms in total. The van der Waals surface area contributed by atoms with Crippen molar-refractivity contribution in [3.63, 3.8) is 0 Å². The zero-order chi connectivity index (χ0) is 17.7. The van der Waals surface area contributed by atoms with Gasteiger partial charge in [0.25, 0.3) is 0 Å². The van der Waals surface area contributed by atoms with Crippen molar-refractivity contribution in [3.8, 4) is 11.5 Å². The van der Waals surface area contributed by atoms with Gasteiger partial charge in [0.2, 0.25) is 22.7 Å². The van der Waals surface area contributed by atoms with E-state index in [2.05, 4.69) is 10.6 Å². The largest absolute Gasteiger partial charge is 0.454 e. The van der Waals surface area contributed by atoms with E-state index in [4.69, 9.17) is 9.47 Å². The van der Waals surface area contributed by atoms with Gasteiger partial charge in [0.05, 0.1) is 11.7 Å². The molecule has 2 N–H and O–H groups in total. The zero-order valence-corrected chi connectivity index (χ0v) is 14.8. The molecule has 3 heterocycles. The van der Waals surface area contributed by atoms with E-state index in [0.29, 0.717) is 37.7 Å². The van der Waals surface area contributed by atoms with Crippen LogP contribution >= 0.6 is 0 Å². The van der Waals surface area contributed by atoms with Gasteiger partial charge in [-0.1, -0.05) is 6.07 Å². The average molecular weight is 367 g/mol. The lowest BCUT2D eigenvalue weighted by atomic mass is 9.80. The molecule has 0 aliphatic carbocycles. The van der Waals surface area contributed by atoms with E-state index in [9.17, 15) is 13.2 Å². The van der Waals surface area contributed by atoms with Gasteiger partial charge in [-0.25, -0.2) is 12.7 Å². The first-order valence-electron chi connectivity index (χ1n) is 8.21. The Morgan fingerprint density at radius 3 is 3.00 bits per heavy atom. The number of benzene rings is 1. The van der Waals surface area contributed by atoms with Crippen LogP contribution in [0.1, 0.15) is 5.56 Å². The molecule has 136 valence electrons. The normalized spacial score (nSPS) is 28.1. The number of sulfonamides is 1. The van der Waals surface area contributed by atoms with E-state index in [-0.39, 0.29) is 25.2 Å². The number of amides is 1. The first-order chi connectivity index (χ1) is 11.9. The molecule has 0 bridgehead atoms. The number of hydrogen-bond donors (Lipinski definition) is 2. The van der Waals surface area contributed by atoms with Gasteiger partial charge in [-0.15, -0.1) is 0 Å². The van der Waals surface area contributed by atoms with Crippen molar-refractivity contribution in [2.24, 2.45) is 11.3 Å². The Labute approximate surface area is 146 Å². The second-order valence-electron chi connectivity index (χ2n) is 6.91. The molecular formula is C16H21N3O5S. The Kier molecular flexibility index (Phi) is 3.89. The molecule has 0 unspecified atom stereocenters. The van der Waals surface area contributed by atoms with E-state index in [1.54, 1.807) is 0 Å². The highest BCUT2D eigenvalue weighted by Gasteiger charge is 2.56. The number of rotatable bonds is 4. The van der Waals surface area contributed by atoms with Crippen molar-refractivity contribution in [1.29, 1.82) is 0 Å². The number of carbonyl (C=O) groups excluding carboxylic acids is 1. The lowest BCUT2D eigenvalue weighted by molar-refractivity contribution is -0.130. The number of nitrogens with one attached hydrogen (secondary N) is 2. The smallest absolute Gasteiger partial charge is 0.231 e. The first-order valence-corrected chi connectivity index (χ1v) is 10.1. The van der Waals surface area contributed by atoms with E-state index < -0.39 is 15.4 Å². The van der Waals surface area contributed by atoms with Crippen LogP contribution in [-0.2, 0) is 21.4 Å². The molecule has 1 aromatic carbocycles. The van der Waals surface area contributed by atoms with Crippen LogP contribution in [0.3, 0.4) is 0 Å². The molecule has 25 heavy (non-hydrogen) atoms. The molecule has 0 spiro atoms. The molecule has 2 saturated heterocycles. The molecule has 0 radical (unpaired) electrons. The predicted molar refractivity (Wildman–Crippen MR) is 89.6 cm³/mol. The summed E-state index contributed by atoms with van der Waals surface area (Å²) in [5, 5.41) is 6.20. The fourth-order valence-electron chi connectivity index (χ4n) is 3.86. The third-order valence-electron chi connectivity index (χ3n) is 5.31. The maximum atomic E-state index is 12.9. The van der Waals surface area contributed by atoms with Crippen molar-refractivity contribution in [2.75, 3.05) is 39.2 Å². The highest BCUT2D eigenvalue weighted by molar-refractivity contribution is 7.88. The topological polar surface area (TPSA) is 97.0 Å². The molecule has 1 amide bonds. The number of fused-ring (bicyclic) bond motifs is 2. The van der Waals surface area contributed by atoms with Crippen LogP contribution in [-0.4, -0.2) is 57.9 Å². The monoisotopic (exact) mass is 367 g/mol. The highest BCUT2D eigenvalue weighted by atomic mass is 32.2. The van der Waals surface area contributed by atoms with Crippen molar-refractivity contribution in [2.45, 2.75) is 6.54 Å². The van der Waals surface area contributed by atoms with Crippen LogP contribution in [0.4, 0.5) is 0 Å². The van der Waals surface area contributed by atoms with Gasteiger partial charge in [0.1, 0.15) is 0 Å². The number of ether oxygens (including phenoxy) is 2. The summed E-state index contributed by atoms with van der Waals surface area (Å²) in [5.74, 6) is 1.27. The summed E-state index contributed by atoms with van der Waals surface area (Å²) >= 11 is 0. The second-order valence-corrected chi connectivity index (χ2v) is 8.89. The quantitative estimate of drug-likeness (QED) is 0.746. The van der Waals surface area contributed by atoms with Crippen LogP contribution in [0, 0.1) is 11.3 Å². The molecule has 0 saturated carbocycles. The summed E-state index contributed by atoms with van der Waals surface area (Å²) in [6, 6.07) is 5.55. The Morgan fingerprint density at radius 2 is 2.20 bits per heavy atom. The van der Waals surface area contributed by atoms with Crippen LogP contribution in [0.25, 0.3) is 0 Å². The van der Waals surface area contributed by atoms with Crippen LogP contribution in [0.15, 0.2) is 18.2 Å². The molecule has 3 aliphatic rings. The van der Waals surface area contributed by atoms with Gasteiger partial charge >= 0.3 is 0 Å². The predicted octanol–water partition coefficient (Wildman–Crippen LogP) is -0.487. The molecule has 2 atom stereocenters. The van der Waals surface area contributed by atoms with Crippen molar-refractivity contribution >= 4 is 15.9 Å². The van der Waals surface area contributed by atoms with Crippen LogP contribution in [0.2, 0.25) is 0 Å². The summed E-state index contributed by atoms with van der Waals surface area (Å²) < 4.78 is 35.8. The molecular weight excluding hydrogens is 346 g/mol. The summed E-state index contributed by atoms with van der Waals surface area (Å²) in [6.07, 6.45) is 1.19. The minimum atomic E-state index is -3.30. The van der Waals surface area contributed by atoms with Crippen molar-refractivity contribution in [1.82, 2.24) is 14.9 Å². The Hall–Kier alpha value is -1.84. The van der Waals surface area contributed by atoms with Crippen LogP contribution < -0.4 is 20.1 Å². The van der Waals surface area contributed by atoms with Gasteiger partial charge in [-0.2, -0.15) is 0 Å². The third kappa shape index (κ3) is 2.86. The van der Waals surface area contributed by atoms with Crippen molar-refractivity contribution < 1.29 is 22.7 Å². The Morgan fingerprint density at radius 1 is 1.40 bits per heavy atom. The Balaban J connectivity index is 1.47. The lowest BCUT2D eigenvalue weighted by Crippen LogP contribution is -2.47. The van der Waals surface area contributed by atoms with E-state index in [1.165, 1.54) is 10.6 Å². The molecule has 3 aliphatic heterocycles. The average Bonchev–Trinajstić information content (AvgIpc) is 3.24. The lowest BCUT2D eigenvalue weighted by Gasteiger charge is -2.26. The summed E-state index contributed by atoms with van der Waals surface area (Å²) in [5.41, 5.74) is 0.217. The maximum absolute atomic E-state index is 12.9. The minimum Gasteiger partial charge on any atom is -0.454 e. The molecule has 4 rings (SSSR count). The van der Waals surface area contributed by atoms with Crippen LogP contribution in [0.5, 0.6) is 11.5 Å². The molecule has 2 fully saturated rings. The number of nitrogens with zero attached hydrogens (tertiary/aromatic N) is 1. The van der Waals surface area contributed by atoms with E-state index in [1.807, 2.05) is 18.2 Å². The molecule has 9 heteroatoms. The van der Waals surface area contributed by atoms with E-state index in [0.717, 1.165) is 5.56 Å². The third-order valence-corrected chi connectivity index (χ3v) is 6.52. The Bertz CT molecular complexity index is 812. The van der Waals surface area contributed by atoms with Gasteiger partial charge in [-0.3, -0.25) is 4.79 Å². The SMILES string of the molecule is CS(=O)(=O)N1C[C@@H]2CNC[C@]2(C(=O)NCc2ccc3c(c2)OCO3)C1. The fraction of sp³-hybridized carbons (Fsp3) is 0.562. The van der Waals surface area contributed by atoms with Gasteiger partial charge in [-0.05, 0) is 17.7 Å². The zero-order valence-electron chi connectivity index (χ0n) is 13.9. The van der Waals surface area contributed by atoms with Gasteiger partial charge in [0.15, 0.2) is 11.5 Å². The summed E-state index contributed by atoms with van der Waals surface area (Å²) in [6.45, 7) is 2.35. The number of hydrogen-bond acceptors (Lipinski definition) is 6. The molecule has 0 aromatic heterocycles. The minimum absolute atomic E-state index is 0.000945. The van der Waals surface area contributed by atoms with Gasteiger partial charge in [0, 0.05) is 38.6 Å². The fourth-order valence-corrected chi connectivity index (χ4v) is 4.77.